The monoisotopic (exact) mass is 287 g/mol. The Morgan fingerprint density at radius 3 is 3.10 bits per heavy atom. The fourth-order valence-corrected chi connectivity index (χ4v) is 3.32. The van der Waals surface area contributed by atoms with Crippen LogP contribution in [0, 0.1) is 11.3 Å². The Labute approximate surface area is 124 Å². The summed E-state index contributed by atoms with van der Waals surface area (Å²) in [6.45, 7) is 3.24. The normalized spacial score (nSPS) is 22.0. The maximum atomic E-state index is 12.6. The van der Waals surface area contributed by atoms with E-state index >= 15 is 0 Å². The number of hydrogen-bond acceptors (Lipinski definition) is 4. The first-order chi connectivity index (χ1) is 10.2. The van der Waals surface area contributed by atoms with E-state index in [-0.39, 0.29) is 18.1 Å². The van der Waals surface area contributed by atoms with Crippen LogP contribution < -0.4 is 5.56 Å². The number of fused-ring (bicyclic) bond motifs is 1. The molecule has 1 atom stereocenters. The summed E-state index contributed by atoms with van der Waals surface area (Å²) < 4.78 is 7.57. The SMILES string of the molecule is CN1CCc2c(cc(CC#N)c(=O)n2CC2CCCO2)C1. The molecule has 0 saturated carbocycles. The molecule has 2 aliphatic heterocycles. The molecule has 1 aromatic rings. The Bertz CT molecular complexity index is 624. The van der Waals surface area contributed by atoms with Crippen LogP contribution in [0.5, 0.6) is 0 Å². The maximum Gasteiger partial charge on any atom is 0.255 e. The highest BCUT2D eigenvalue weighted by molar-refractivity contribution is 5.30. The number of rotatable bonds is 3. The highest BCUT2D eigenvalue weighted by atomic mass is 16.5. The maximum absolute atomic E-state index is 12.6. The van der Waals surface area contributed by atoms with Gasteiger partial charge in [-0.15, -0.1) is 0 Å². The van der Waals surface area contributed by atoms with Gasteiger partial charge in [0, 0.05) is 37.4 Å². The topological polar surface area (TPSA) is 58.3 Å². The van der Waals surface area contributed by atoms with Crippen molar-refractivity contribution in [3.8, 4) is 6.07 Å². The van der Waals surface area contributed by atoms with E-state index in [0.29, 0.717) is 12.1 Å². The molecule has 0 radical (unpaired) electrons. The van der Waals surface area contributed by atoms with Crippen LogP contribution in [-0.4, -0.2) is 35.8 Å². The van der Waals surface area contributed by atoms with Crippen molar-refractivity contribution >= 4 is 0 Å². The smallest absolute Gasteiger partial charge is 0.255 e. The summed E-state index contributed by atoms with van der Waals surface area (Å²) in [5.41, 5.74) is 2.93. The summed E-state index contributed by atoms with van der Waals surface area (Å²) in [7, 11) is 2.09. The van der Waals surface area contributed by atoms with Gasteiger partial charge in [-0.25, -0.2) is 0 Å². The second-order valence-corrected chi connectivity index (χ2v) is 6.01. The van der Waals surface area contributed by atoms with Crippen LogP contribution in [0.1, 0.15) is 29.7 Å². The van der Waals surface area contributed by atoms with Gasteiger partial charge < -0.3 is 14.2 Å². The first-order valence-corrected chi connectivity index (χ1v) is 7.60. The predicted molar refractivity (Wildman–Crippen MR) is 79.0 cm³/mol. The van der Waals surface area contributed by atoms with Crippen molar-refractivity contribution in [2.45, 2.75) is 44.9 Å². The number of aromatic nitrogens is 1. The minimum atomic E-state index is -0.00430. The molecule has 2 aliphatic rings. The summed E-state index contributed by atoms with van der Waals surface area (Å²) in [6.07, 6.45) is 3.30. The van der Waals surface area contributed by atoms with Gasteiger partial charge in [-0.3, -0.25) is 4.79 Å². The second kappa shape index (κ2) is 6.00. The summed E-state index contributed by atoms with van der Waals surface area (Å²) in [5, 5.41) is 8.94. The first-order valence-electron chi connectivity index (χ1n) is 7.60. The average Bonchev–Trinajstić information content (AvgIpc) is 2.96. The molecule has 0 aliphatic carbocycles. The van der Waals surface area contributed by atoms with Gasteiger partial charge in [0.1, 0.15) is 0 Å². The fourth-order valence-electron chi connectivity index (χ4n) is 3.32. The van der Waals surface area contributed by atoms with Crippen molar-refractivity contribution in [2.75, 3.05) is 20.2 Å². The highest BCUT2D eigenvalue weighted by Crippen LogP contribution is 2.20. The third-order valence-electron chi connectivity index (χ3n) is 4.42. The van der Waals surface area contributed by atoms with E-state index in [0.717, 1.165) is 44.7 Å². The van der Waals surface area contributed by atoms with Crippen LogP contribution >= 0.6 is 0 Å². The number of pyridine rings is 1. The van der Waals surface area contributed by atoms with E-state index in [1.807, 2.05) is 10.6 Å². The largest absolute Gasteiger partial charge is 0.376 e. The molecule has 0 amide bonds. The van der Waals surface area contributed by atoms with E-state index in [2.05, 4.69) is 18.0 Å². The Kier molecular flexibility index (Phi) is 4.09. The second-order valence-electron chi connectivity index (χ2n) is 6.01. The Hall–Kier alpha value is -1.64. The Morgan fingerprint density at radius 1 is 1.52 bits per heavy atom. The molecule has 0 N–H and O–H groups in total. The summed E-state index contributed by atoms with van der Waals surface area (Å²) in [6, 6.07) is 4.04. The van der Waals surface area contributed by atoms with E-state index in [9.17, 15) is 4.79 Å². The number of likely N-dealkylation sites (N-methyl/N-ethyl adjacent to an activating group) is 1. The molecule has 3 rings (SSSR count). The van der Waals surface area contributed by atoms with Crippen molar-refractivity contribution in [1.82, 2.24) is 9.47 Å². The highest BCUT2D eigenvalue weighted by Gasteiger charge is 2.23. The summed E-state index contributed by atoms with van der Waals surface area (Å²) in [4.78, 5) is 14.9. The molecule has 112 valence electrons. The van der Waals surface area contributed by atoms with E-state index < -0.39 is 0 Å². The summed E-state index contributed by atoms with van der Waals surface area (Å²) in [5.74, 6) is 0. The molecule has 0 bridgehead atoms. The van der Waals surface area contributed by atoms with Crippen LogP contribution in [0.25, 0.3) is 0 Å². The standard InChI is InChI=1S/C16H21N3O2/c1-18-7-5-15-13(10-18)9-12(4-6-17)16(20)19(15)11-14-3-2-8-21-14/h9,14H,2-5,7-8,10-11H2,1H3. The van der Waals surface area contributed by atoms with E-state index in [4.69, 9.17) is 10.00 Å². The molecule has 21 heavy (non-hydrogen) atoms. The molecule has 0 spiro atoms. The lowest BCUT2D eigenvalue weighted by molar-refractivity contribution is 0.0948. The van der Waals surface area contributed by atoms with Crippen molar-refractivity contribution in [3.63, 3.8) is 0 Å². The molecule has 1 aromatic heterocycles. The zero-order valence-electron chi connectivity index (χ0n) is 12.5. The molecular formula is C16H21N3O2. The third kappa shape index (κ3) is 2.87. The van der Waals surface area contributed by atoms with Gasteiger partial charge in [0.05, 0.1) is 25.1 Å². The molecule has 0 aromatic carbocycles. The van der Waals surface area contributed by atoms with Crippen molar-refractivity contribution in [1.29, 1.82) is 5.26 Å². The van der Waals surface area contributed by atoms with Gasteiger partial charge >= 0.3 is 0 Å². The Balaban J connectivity index is 2.02. The van der Waals surface area contributed by atoms with Crippen LogP contribution in [0.3, 0.4) is 0 Å². The van der Waals surface area contributed by atoms with E-state index in [1.165, 1.54) is 5.56 Å². The quantitative estimate of drug-likeness (QED) is 0.835. The third-order valence-corrected chi connectivity index (χ3v) is 4.42. The molecule has 3 heterocycles. The van der Waals surface area contributed by atoms with Gasteiger partial charge in [-0.05, 0) is 31.5 Å². The molecule has 1 saturated heterocycles. The zero-order valence-corrected chi connectivity index (χ0v) is 12.5. The minimum absolute atomic E-state index is 0.00430. The lowest BCUT2D eigenvalue weighted by Crippen LogP contribution is -2.37. The predicted octanol–water partition coefficient (Wildman–Crippen LogP) is 1.08. The van der Waals surface area contributed by atoms with Gasteiger partial charge in [-0.1, -0.05) is 0 Å². The van der Waals surface area contributed by atoms with Crippen LogP contribution in [0.15, 0.2) is 10.9 Å². The van der Waals surface area contributed by atoms with Crippen molar-refractivity contribution < 1.29 is 4.74 Å². The van der Waals surface area contributed by atoms with Gasteiger partial charge in [0.15, 0.2) is 0 Å². The van der Waals surface area contributed by atoms with Crippen LogP contribution in [-0.2, 0) is 30.7 Å². The number of ether oxygens (including phenoxy) is 1. The molecule has 1 fully saturated rings. The van der Waals surface area contributed by atoms with Gasteiger partial charge in [-0.2, -0.15) is 5.26 Å². The zero-order chi connectivity index (χ0) is 14.8. The number of nitriles is 1. The van der Waals surface area contributed by atoms with Gasteiger partial charge in [0.2, 0.25) is 0 Å². The molecule has 5 nitrogen and oxygen atoms in total. The minimum Gasteiger partial charge on any atom is -0.376 e. The lowest BCUT2D eigenvalue weighted by atomic mass is 10.0. The molecule has 5 heteroatoms. The van der Waals surface area contributed by atoms with Crippen LogP contribution in [0.2, 0.25) is 0 Å². The molecular weight excluding hydrogens is 266 g/mol. The van der Waals surface area contributed by atoms with Crippen LogP contribution in [0.4, 0.5) is 0 Å². The molecule has 1 unspecified atom stereocenters. The number of hydrogen-bond donors (Lipinski definition) is 0. The number of nitrogens with zero attached hydrogens (tertiary/aromatic N) is 3. The van der Waals surface area contributed by atoms with E-state index in [1.54, 1.807) is 0 Å². The van der Waals surface area contributed by atoms with Gasteiger partial charge in [0.25, 0.3) is 5.56 Å². The van der Waals surface area contributed by atoms with Crippen molar-refractivity contribution in [3.05, 3.63) is 33.2 Å². The fraction of sp³-hybridized carbons (Fsp3) is 0.625. The average molecular weight is 287 g/mol. The summed E-state index contributed by atoms with van der Waals surface area (Å²) >= 11 is 0. The lowest BCUT2D eigenvalue weighted by Gasteiger charge is -2.29. The Morgan fingerprint density at radius 2 is 2.38 bits per heavy atom. The van der Waals surface area contributed by atoms with Crippen molar-refractivity contribution in [2.24, 2.45) is 0 Å². The first kappa shape index (κ1) is 14.3.